The van der Waals surface area contributed by atoms with Gasteiger partial charge in [-0.2, -0.15) is 0 Å². The molecule has 3 rings (SSSR count). The predicted octanol–water partition coefficient (Wildman–Crippen LogP) is 6.68. The number of carbonyl (C=O) groups excluding carboxylic acids is 2. The van der Waals surface area contributed by atoms with Crippen molar-refractivity contribution in [3.05, 3.63) is 99.8 Å². The van der Waals surface area contributed by atoms with Crippen molar-refractivity contribution in [2.24, 2.45) is 5.92 Å². The molecule has 0 bridgehead atoms. The third-order valence-electron chi connectivity index (χ3n) is 6.37. The second kappa shape index (κ2) is 13.7. The Morgan fingerprint density at radius 2 is 1.64 bits per heavy atom. The van der Waals surface area contributed by atoms with Gasteiger partial charge in [-0.15, -0.1) is 0 Å². The average molecular weight is 598 g/mol. The number of rotatable bonds is 11. The summed E-state index contributed by atoms with van der Waals surface area (Å²) in [5.74, 6) is -0.143. The molecule has 0 spiro atoms. The molecule has 2 amide bonds. The van der Waals surface area contributed by atoms with Gasteiger partial charge in [0.05, 0.1) is 4.47 Å². The summed E-state index contributed by atoms with van der Waals surface area (Å²) in [6, 6.07) is 20.6. The Bertz CT molecular complexity index is 1240. The van der Waals surface area contributed by atoms with E-state index in [1.807, 2.05) is 62.4 Å². The van der Waals surface area contributed by atoms with E-state index in [9.17, 15) is 14.0 Å². The smallest absolute Gasteiger partial charge is 0.261 e. The molecule has 7 heteroatoms. The normalized spacial score (nSPS) is 12.2. The van der Waals surface area contributed by atoms with Gasteiger partial charge in [-0.3, -0.25) is 9.59 Å². The molecule has 0 radical (unpaired) electrons. The number of amides is 2. The number of hydrogen-bond acceptors (Lipinski definition) is 3. The zero-order valence-corrected chi connectivity index (χ0v) is 24.9. The van der Waals surface area contributed by atoms with Gasteiger partial charge in [0.2, 0.25) is 5.91 Å². The van der Waals surface area contributed by atoms with Crippen LogP contribution in [0.3, 0.4) is 0 Å². The lowest BCUT2D eigenvalue weighted by Gasteiger charge is -2.32. The second-order valence-electron chi connectivity index (χ2n) is 11.2. The summed E-state index contributed by atoms with van der Waals surface area (Å²) >= 11 is 3.57. The van der Waals surface area contributed by atoms with Crippen LogP contribution in [0.2, 0.25) is 0 Å². The molecule has 3 aromatic carbocycles. The van der Waals surface area contributed by atoms with Gasteiger partial charge in [0.15, 0.2) is 6.61 Å². The predicted molar refractivity (Wildman–Crippen MR) is 157 cm³/mol. The Morgan fingerprint density at radius 1 is 0.974 bits per heavy atom. The number of hydrogen-bond donors (Lipinski definition) is 1. The Morgan fingerprint density at radius 3 is 2.23 bits per heavy atom. The molecular formula is C32H38BrFN2O3. The number of halogens is 2. The van der Waals surface area contributed by atoms with Gasteiger partial charge in [0.1, 0.15) is 17.6 Å². The molecule has 208 valence electrons. The highest BCUT2D eigenvalue weighted by Gasteiger charge is 2.31. The maximum atomic E-state index is 13.7. The highest BCUT2D eigenvalue weighted by atomic mass is 79.9. The lowest BCUT2D eigenvalue weighted by molar-refractivity contribution is -0.142. The van der Waals surface area contributed by atoms with Crippen molar-refractivity contribution < 1.29 is 18.7 Å². The van der Waals surface area contributed by atoms with Crippen molar-refractivity contribution in [1.82, 2.24) is 10.2 Å². The number of carbonyl (C=O) groups is 2. The molecule has 0 saturated heterocycles. The Kier molecular flexibility index (Phi) is 10.7. The summed E-state index contributed by atoms with van der Waals surface area (Å²) in [7, 11) is 0. The summed E-state index contributed by atoms with van der Waals surface area (Å²) in [5.41, 5.74) is 2.75. The first-order valence-corrected chi connectivity index (χ1v) is 14.0. The van der Waals surface area contributed by atoms with Crippen molar-refractivity contribution in [3.63, 3.8) is 0 Å². The first kappa shape index (κ1) is 30.4. The van der Waals surface area contributed by atoms with E-state index in [0.29, 0.717) is 18.7 Å². The zero-order valence-electron chi connectivity index (χ0n) is 23.3. The van der Waals surface area contributed by atoms with E-state index < -0.39 is 6.04 Å². The van der Waals surface area contributed by atoms with Crippen LogP contribution in [-0.4, -0.2) is 35.9 Å². The Balaban J connectivity index is 1.90. The first-order chi connectivity index (χ1) is 18.4. The van der Waals surface area contributed by atoms with E-state index in [4.69, 9.17) is 4.74 Å². The highest BCUT2D eigenvalue weighted by Crippen LogP contribution is 2.31. The van der Waals surface area contributed by atoms with Gasteiger partial charge in [-0.25, -0.2) is 4.39 Å². The van der Waals surface area contributed by atoms with Crippen LogP contribution in [0.25, 0.3) is 0 Å². The summed E-state index contributed by atoms with van der Waals surface area (Å²) in [6.45, 7) is 10.8. The van der Waals surface area contributed by atoms with Gasteiger partial charge in [0, 0.05) is 19.5 Å². The quantitative estimate of drug-likeness (QED) is 0.269. The van der Waals surface area contributed by atoms with Crippen LogP contribution in [0.5, 0.6) is 5.75 Å². The first-order valence-electron chi connectivity index (χ1n) is 13.2. The van der Waals surface area contributed by atoms with E-state index in [1.54, 1.807) is 12.1 Å². The lowest BCUT2D eigenvalue weighted by Crippen LogP contribution is -2.52. The summed E-state index contributed by atoms with van der Waals surface area (Å²) in [5, 5.41) is 2.99. The lowest BCUT2D eigenvalue weighted by atomic mass is 9.87. The van der Waals surface area contributed by atoms with Crippen LogP contribution in [-0.2, 0) is 28.0 Å². The maximum absolute atomic E-state index is 13.7. The van der Waals surface area contributed by atoms with E-state index in [1.165, 1.54) is 17.0 Å². The van der Waals surface area contributed by atoms with Crippen LogP contribution in [0, 0.1) is 11.7 Å². The molecule has 0 aliphatic heterocycles. The number of benzene rings is 3. The molecule has 0 heterocycles. The number of nitrogens with zero attached hydrogens (tertiary/aromatic N) is 1. The fourth-order valence-electron chi connectivity index (χ4n) is 4.07. The molecule has 0 aliphatic carbocycles. The highest BCUT2D eigenvalue weighted by molar-refractivity contribution is 9.10. The largest absolute Gasteiger partial charge is 0.483 e. The van der Waals surface area contributed by atoms with Crippen LogP contribution in [0.1, 0.15) is 51.3 Å². The number of nitrogens with one attached hydrogen (secondary N) is 1. The summed E-state index contributed by atoms with van der Waals surface area (Å²) in [4.78, 5) is 28.8. The summed E-state index contributed by atoms with van der Waals surface area (Å²) in [6.07, 6.45) is 0.335. The van der Waals surface area contributed by atoms with Crippen molar-refractivity contribution >= 4 is 27.7 Å². The van der Waals surface area contributed by atoms with E-state index in [2.05, 4.69) is 42.0 Å². The molecule has 39 heavy (non-hydrogen) atoms. The maximum Gasteiger partial charge on any atom is 0.261 e. The minimum atomic E-state index is -0.779. The van der Waals surface area contributed by atoms with Crippen LogP contribution in [0.15, 0.2) is 77.3 Å². The van der Waals surface area contributed by atoms with E-state index in [-0.39, 0.29) is 42.1 Å². The van der Waals surface area contributed by atoms with Crippen LogP contribution < -0.4 is 10.1 Å². The molecule has 0 fully saturated rings. The van der Waals surface area contributed by atoms with Crippen LogP contribution in [0.4, 0.5) is 4.39 Å². The molecule has 1 N–H and O–H groups in total. The standard InChI is InChI=1S/C32H38BrFN2O3/c1-22(2)19-35-31(38)28(17-23-9-7-6-8-10-23)36(20-24-11-14-26(34)15-12-24)30(37)21-39-29-16-13-25(18-27(29)33)32(3,4)5/h6-16,18,22,28H,17,19-21H2,1-5H3,(H,35,38)/t28-/m1/s1. The van der Waals surface area contributed by atoms with Crippen molar-refractivity contribution in [2.75, 3.05) is 13.2 Å². The molecule has 3 aromatic rings. The van der Waals surface area contributed by atoms with Crippen LogP contribution >= 0.6 is 15.9 Å². The minimum absolute atomic E-state index is 0.0309. The molecule has 0 aliphatic rings. The van der Waals surface area contributed by atoms with E-state index >= 15 is 0 Å². The van der Waals surface area contributed by atoms with Crippen molar-refractivity contribution in [1.29, 1.82) is 0 Å². The second-order valence-corrected chi connectivity index (χ2v) is 12.0. The summed E-state index contributed by atoms with van der Waals surface area (Å²) < 4.78 is 20.3. The van der Waals surface area contributed by atoms with Gasteiger partial charge in [-0.05, 0) is 68.2 Å². The van der Waals surface area contributed by atoms with Gasteiger partial charge in [0.25, 0.3) is 5.91 Å². The molecular weight excluding hydrogens is 559 g/mol. The minimum Gasteiger partial charge on any atom is -0.483 e. The molecule has 0 unspecified atom stereocenters. The van der Waals surface area contributed by atoms with Gasteiger partial charge in [-0.1, -0.05) is 83.1 Å². The fraction of sp³-hybridized carbons (Fsp3) is 0.375. The molecule has 5 nitrogen and oxygen atoms in total. The van der Waals surface area contributed by atoms with E-state index in [0.717, 1.165) is 21.2 Å². The SMILES string of the molecule is CC(C)CNC(=O)[C@@H](Cc1ccccc1)N(Cc1ccc(F)cc1)C(=O)COc1ccc(C(C)(C)C)cc1Br. The third kappa shape index (κ3) is 9.20. The zero-order chi connectivity index (χ0) is 28.6. The monoisotopic (exact) mass is 596 g/mol. The molecule has 0 saturated carbocycles. The Labute approximate surface area is 239 Å². The third-order valence-corrected chi connectivity index (χ3v) is 6.99. The van der Waals surface area contributed by atoms with Gasteiger partial charge >= 0.3 is 0 Å². The topological polar surface area (TPSA) is 58.6 Å². The molecule has 1 atom stereocenters. The Hall–Kier alpha value is -3.19. The van der Waals surface area contributed by atoms with Crippen molar-refractivity contribution in [3.8, 4) is 5.75 Å². The van der Waals surface area contributed by atoms with Gasteiger partial charge < -0.3 is 15.0 Å². The fourth-order valence-corrected chi connectivity index (χ4v) is 4.56. The molecule has 0 aromatic heterocycles. The number of ether oxygens (including phenoxy) is 1. The average Bonchev–Trinajstić information content (AvgIpc) is 2.89. The van der Waals surface area contributed by atoms with Crippen molar-refractivity contribution in [2.45, 2.75) is 59.0 Å².